The zero-order chi connectivity index (χ0) is 14.7. The molecule has 0 saturated heterocycles. The first-order valence-corrected chi connectivity index (χ1v) is 7.80. The van der Waals surface area contributed by atoms with Crippen molar-refractivity contribution in [2.24, 2.45) is 5.92 Å². The minimum Gasteiger partial charge on any atom is -0.454 e. The summed E-state index contributed by atoms with van der Waals surface area (Å²) in [5, 5.41) is 0. The fourth-order valence-electron chi connectivity index (χ4n) is 3.11. The van der Waals surface area contributed by atoms with Crippen LogP contribution >= 0.6 is 0 Å². The van der Waals surface area contributed by atoms with E-state index >= 15 is 0 Å². The Labute approximate surface area is 125 Å². The monoisotopic (exact) mass is 290 g/mol. The number of carbonyl (C=O) groups excluding carboxylic acids is 1. The van der Waals surface area contributed by atoms with Crippen LogP contribution in [0.1, 0.15) is 49.4 Å². The van der Waals surface area contributed by atoms with Crippen LogP contribution in [-0.2, 0) is 4.74 Å². The number of hydrogen-bond donors (Lipinski definition) is 0. The molecule has 1 saturated carbocycles. The van der Waals surface area contributed by atoms with Crippen molar-refractivity contribution in [3.8, 4) is 11.5 Å². The molecule has 0 amide bonds. The maximum absolute atomic E-state index is 12.2. The van der Waals surface area contributed by atoms with Crippen LogP contribution in [0.15, 0.2) is 18.2 Å². The van der Waals surface area contributed by atoms with Crippen molar-refractivity contribution >= 4 is 5.78 Å². The zero-order valence-corrected chi connectivity index (χ0v) is 12.5. The summed E-state index contributed by atoms with van der Waals surface area (Å²) in [7, 11) is 0. The van der Waals surface area contributed by atoms with Gasteiger partial charge in [-0.05, 0) is 37.0 Å². The summed E-state index contributed by atoms with van der Waals surface area (Å²) in [6, 6.07) is 5.29. The van der Waals surface area contributed by atoms with E-state index in [1.807, 2.05) is 0 Å². The summed E-state index contributed by atoms with van der Waals surface area (Å²) in [5.41, 5.74) is 0.627. The van der Waals surface area contributed by atoms with Gasteiger partial charge in [-0.3, -0.25) is 4.79 Å². The lowest BCUT2D eigenvalue weighted by Crippen LogP contribution is -2.25. The number of ketones is 1. The largest absolute Gasteiger partial charge is 0.454 e. The van der Waals surface area contributed by atoms with Crippen LogP contribution in [0.4, 0.5) is 0 Å². The Balaban J connectivity index is 1.54. The third-order valence-electron chi connectivity index (χ3n) is 4.46. The van der Waals surface area contributed by atoms with Crippen molar-refractivity contribution in [3.63, 3.8) is 0 Å². The van der Waals surface area contributed by atoms with E-state index in [1.54, 1.807) is 18.2 Å². The number of hydrogen-bond acceptors (Lipinski definition) is 4. The molecule has 114 valence electrons. The van der Waals surface area contributed by atoms with Gasteiger partial charge in [0.1, 0.15) is 6.61 Å². The first-order chi connectivity index (χ1) is 10.3. The average Bonchev–Trinajstić information content (AvgIpc) is 3.00. The third-order valence-corrected chi connectivity index (χ3v) is 4.46. The molecule has 1 aromatic carbocycles. The predicted octanol–water partition coefficient (Wildman–Crippen LogP) is 3.58. The molecular weight excluding hydrogens is 268 g/mol. The highest BCUT2D eigenvalue weighted by atomic mass is 16.7. The molecule has 1 heterocycles. The highest BCUT2D eigenvalue weighted by molar-refractivity contribution is 5.97. The van der Waals surface area contributed by atoms with Crippen LogP contribution in [0.25, 0.3) is 0 Å². The van der Waals surface area contributed by atoms with E-state index < -0.39 is 0 Å². The van der Waals surface area contributed by atoms with Crippen molar-refractivity contribution < 1.29 is 19.0 Å². The van der Waals surface area contributed by atoms with Crippen molar-refractivity contribution in [3.05, 3.63) is 23.8 Å². The molecule has 3 rings (SSSR count). The maximum Gasteiger partial charge on any atom is 0.231 e. The van der Waals surface area contributed by atoms with Gasteiger partial charge in [-0.1, -0.05) is 26.2 Å². The SMILES string of the molecule is CCC1CCCC(OCC(=O)c2ccc3c(c2)OCO3)C1. The smallest absolute Gasteiger partial charge is 0.231 e. The van der Waals surface area contributed by atoms with E-state index in [1.165, 1.54) is 19.3 Å². The molecule has 0 aromatic heterocycles. The Kier molecular flexibility index (Phi) is 4.44. The highest BCUT2D eigenvalue weighted by Gasteiger charge is 2.22. The lowest BCUT2D eigenvalue weighted by molar-refractivity contribution is 0.0156. The minimum absolute atomic E-state index is 0.00641. The van der Waals surface area contributed by atoms with Gasteiger partial charge in [-0.15, -0.1) is 0 Å². The van der Waals surface area contributed by atoms with E-state index in [2.05, 4.69) is 6.92 Å². The van der Waals surface area contributed by atoms with Gasteiger partial charge in [0.15, 0.2) is 17.3 Å². The summed E-state index contributed by atoms with van der Waals surface area (Å²) in [5.74, 6) is 2.10. The number of carbonyl (C=O) groups is 1. The molecule has 2 aliphatic rings. The van der Waals surface area contributed by atoms with E-state index in [9.17, 15) is 4.79 Å². The Bertz CT molecular complexity index is 512. The molecule has 0 bridgehead atoms. The van der Waals surface area contributed by atoms with Crippen LogP contribution in [0.5, 0.6) is 11.5 Å². The topological polar surface area (TPSA) is 44.8 Å². The first kappa shape index (κ1) is 14.4. The van der Waals surface area contributed by atoms with Gasteiger partial charge in [-0.2, -0.15) is 0 Å². The van der Waals surface area contributed by atoms with Crippen molar-refractivity contribution in [1.29, 1.82) is 0 Å². The summed E-state index contributed by atoms with van der Waals surface area (Å²) < 4.78 is 16.4. The molecule has 1 aromatic rings. The quantitative estimate of drug-likeness (QED) is 0.777. The first-order valence-electron chi connectivity index (χ1n) is 7.80. The van der Waals surface area contributed by atoms with Crippen LogP contribution in [0.3, 0.4) is 0 Å². The van der Waals surface area contributed by atoms with Gasteiger partial charge in [-0.25, -0.2) is 0 Å². The lowest BCUT2D eigenvalue weighted by atomic mass is 9.85. The third kappa shape index (κ3) is 3.38. The molecule has 1 aliphatic heterocycles. The van der Waals surface area contributed by atoms with Gasteiger partial charge in [0, 0.05) is 5.56 Å². The van der Waals surface area contributed by atoms with Crippen LogP contribution < -0.4 is 9.47 Å². The van der Waals surface area contributed by atoms with Crippen molar-refractivity contribution in [2.45, 2.75) is 45.1 Å². The normalized spacial score (nSPS) is 24.0. The molecule has 0 N–H and O–H groups in total. The molecule has 0 spiro atoms. The minimum atomic E-state index is 0.00641. The fourth-order valence-corrected chi connectivity index (χ4v) is 3.11. The van der Waals surface area contributed by atoms with Crippen LogP contribution in [0.2, 0.25) is 0 Å². The molecular formula is C17H22O4. The zero-order valence-electron chi connectivity index (χ0n) is 12.5. The average molecular weight is 290 g/mol. The maximum atomic E-state index is 12.2. The Morgan fingerprint density at radius 2 is 2.14 bits per heavy atom. The van der Waals surface area contributed by atoms with E-state index in [0.29, 0.717) is 17.1 Å². The van der Waals surface area contributed by atoms with E-state index in [0.717, 1.165) is 18.8 Å². The Morgan fingerprint density at radius 1 is 1.29 bits per heavy atom. The van der Waals surface area contributed by atoms with Crippen molar-refractivity contribution in [2.75, 3.05) is 13.4 Å². The fraction of sp³-hybridized carbons (Fsp3) is 0.588. The molecule has 4 heteroatoms. The van der Waals surface area contributed by atoms with Gasteiger partial charge < -0.3 is 14.2 Å². The standard InChI is InChI=1S/C17H22O4/c1-2-12-4-3-5-14(8-12)19-10-15(18)13-6-7-16-17(9-13)21-11-20-16/h6-7,9,12,14H,2-5,8,10-11H2,1H3. The van der Waals surface area contributed by atoms with Gasteiger partial charge in [0.25, 0.3) is 0 Å². The Hall–Kier alpha value is -1.55. The second-order valence-corrected chi connectivity index (χ2v) is 5.87. The molecule has 2 unspecified atom stereocenters. The number of ether oxygens (including phenoxy) is 3. The molecule has 4 nitrogen and oxygen atoms in total. The van der Waals surface area contributed by atoms with Crippen LogP contribution in [0, 0.1) is 5.92 Å². The predicted molar refractivity (Wildman–Crippen MR) is 78.9 cm³/mol. The van der Waals surface area contributed by atoms with Gasteiger partial charge in [0.05, 0.1) is 6.10 Å². The number of Topliss-reactive ketones (excluding diaryl/α,β-unsaturated/α-hetero) is 1. The van der Waals surface area contributed by atoms with E-state index in [-0.39, 0.29) is 25.3 Å². The number of rotatable bonds is 5. The van der Waals surface area contributed by atoms with Crippen LogP contribution in [-0.4, -0.2) is 25.3 Å². The molecule has 21 heavy (non-hydrogen) atoms. The molecule has 2 atom stereocenters. The van der Waals surface area contributed by atoms with E-state index in [4.69, 9.17) is 14.2 Å². The summed E-state index contributed by atoms with van der Waals surface area (Å²) >= 11 is 0. The van der Waals surface area contributed by atoms with Gasteiger partial charge in [0.2, 0.25) is 6.79 Å². The second-order valence-electron chi connectivity index (χ2n) is 5.87. The number of fused-ring (bicyclic) bond motifs is 1. The summed E-state index contributed by atoms with van der Waals surface area (Å²) in [6.45, 7) is 2.61. The molecule has 1 fully saturated rings. The van der Waals surface area contributed by atoms with Crippen molar-refractivity contribution in [1.82, 2.24) is 0 Å². The summed E-state index contributed by atoms with van der Waals surface area (Å²) in [4.78, 5) is 12.2. The second kappa shape index (κ2) is 6.48. The number of benzene rings is 1. The lowest BCUT2D eigenvalue weighted by Gasteiger charge is -2.28. The molecule has 0 radical (unpaired) electrons. The molecule has 1 aliphatic carbocycles. The van der Waals surface area contributed by atoms with Gasteiger partial charge >= 0.3 is 0 Å². The summed E-state index contributed by atoms with van der Waals surface area (Å²) in [6.07, 6.45) is 6.11. The highest BCUT2D eigenvalue weighted by Crippen LogP contribution is 2.33. The Morgan fingerprint density at radius 3 is 3.00 bits per heavy atom.